The Morgan fingerprint density at radius 3 is 2.85 bits per heavy atom. The molecule has 2 aromatic heterocycles. The number of H-pyrrole nitrogens is 1. The average molecular weight is 617 g/mol. The molecule has 0 aliphatic heterocycles. The molecule has 4 N–H and O–H groups in total. The topological polar surface area (TPSA) is 83.8 Å². The highest BCUT2D eigenvalue weighted by atomic mass is 127. The maximum atomic E-state index is 13.4. The summed E-state index contributed by atoms with van der Waals surface area (Å²) in [6, 6.07) is 14.1. The fourth-order valence-electron chi connectivity index (χ4n) is 4.96. The van der Waals surface area contributed by atoms with Crippen molar-refractivity contribution >= 4 is 66.2 Å². The number of carbonyl (C=O) groups is 1. The van der Waals surface area contributed by atoms with Gasteiger partial charge in [-0.2, -0.15) is 0 Å². The second-order valence-corrected chi connectivity index (χ2v) is 11.1. The van der Waals surface area contributed by atoms with E-state index in [-0.39, 0.29) is 5.91 Å². The zero-order chi connectivity index (χ0) is 22.9. The van der Waals surface area contributed by atoms with Crippen molar-refractivity contribution in [1.82, 2.24) is 15.3 Å². The minimum atomic E-state index is -0.0402. The molecule has 0 spiro atoms. The summed E-state index contributed by atoms with van der Waals surface area (Å²) in [7, 11) is 0. The lowest BCUT2D eigenvalue weighted by molar-refractivity contribution is 0.0942. The molecule has 2 aromatic carbocycles. The molecular formula is C26H26BrIN4O. The number of aromatic nitrogens is 2. The van der Waals surface area contributed by atoms with Gasteiger partial charge in [0.25, 0.3) is 5.91 Å². The van der Waals surface area contributed by atoms with Gasteiger partial charge in [0, 0.05) is 42.6 Å². The predicted molar refractivity (Wildman–Crippen MR) is 146 cm³/mol. The molecule has 5 nitrogen and oxygen atoms in total. The van der Waals surface area contributed by atoms with Crippen LogP contribution in [-0.2, 0) is 0 Å². The van der Waals surface area contributed by atoms with Gasteiger partial charge in [0.15, 0.2) is 0 Å². The van der Waals surface area contributed by atoms with Crippen molar-refractivity contribution in [2.24, 2.45) is 17.6 Å². The van der Waals surface area contributed by atoms with Crippen molar-refractivity contribution in [2.45, 2.75) is 25.7 Å². The van der Waals surface area contributed by atoms with Gasteiger partial charge in [0.05, 0.1) is 16.8 Å². The molecule has 1 amide bonds. The van der Waals surface area contributed by atoms with Gasteiger partial charge in [-0.3, -0.25) is 4.79 Å². The van der Waals surface area contributed by atoms with Crippen molar-refractivity contribution in [3.05, 3.63) is 62.3 Å². The highest BCUT2D eigenvalue weighted by Crippen LogP contribution is 2.33. The van der Waals surface area contributed by atoms with Gasteiger partial charge in [0.2, 0.25) is 0 Å². The number of hydrogen-bond donors (Lipinski definition) is 3. The summed E-state index contributed by atoms with van der Waals surface area (Å²) in [6.45, 7) is 1.43. The molecule has 0 saturated heterocycles. The minimum absolute atomic E-state index is 0.0402. The molecule has 170 valence electrons. The van der Waals surface area contributed by atoms with Gasteiger partial charge in [-0.1, -0.05) is 22.4 Å². The van der Waals surface area contributed by atoms with Gasteiger partial charge in [-0.05, 0) is 103 Å². The van der Waals surface area contributed by atoms with Crippen LogP contribution in [0.15, 0.2) is 53.1 Å². The first-order valence-electron chi connectivity index (χ1n) is 11.4. The summed E-state index contributed by atoms with van der Waals surface area (Å²) >= 11 is 5.85. The lowest BCUT2D eigenvalue weighted by Gasteiger charge is -2.28. The molecular weight excluding hydrogens is 591 g/mol. The molecule has 4 aromatic rings. The lowest BCUT2D eigenvalue weighted by atomic mass is 9.81. The number of nitrogens with two attached hydrogens (primary N) is 1. The van der Waals surface area contributed by atoms with Gasteiger partial charge >= 0.3 is 0 Å². The van der Waals surface area contributed by atoms with Gasteiger partial charge in [-0.15, -0.1) is 0 Å². The zero-order valence-electron chi connectivity index (χ0n) is 18.2. The summed E-state index contributed by atoms with van der Waals surface area (Å²) in [4.78, 5) is 21.7. The number of nitrogens with zero attached hydrogens (tertiary/aromatic N) is 1. The van der Waals surface area contributed by atoms with E-state index in [1.165, 1.54) is 12.8 Å². The van der Waals surface area contributed by atoms with E-state index < -0.39 is 0 Å². The largest absolute Gasteiger partial charge is 0.360 e. The van der Waals surface area contributed by atoms with Crippen LogP contribution in [0.25, 0.3) is 33.1 Å². The normalized spacial score (nSPS) is 18.6. The maximum absolute atomic E-state index is 13.4. The number of pyridine rings is 1. The van der Waals surface area contributed by atoms with E-state index in [1.807, 2.05) is 42.6 Å². The second-order valence-electron chi connectivity index (χ2n) is 8.95. The minimum Gasteiger partial charge on any atom is -0.360 e. The van der Waals surface area contributed by atoms with Crippen LogP contribution in [0.5, 0.6) is 0 Å². The Balaban J connectivity index is 1.51. The van der Waals surface area contributed by atoms with Crippen LogP contribution in [0, 0.1) is 15.4 Å². The summed E-state index contributed by atoms with van der Waals surface area (Å²) in [5, 5.41) is 5.17. The third kappa shape index (κ3) is 4.81. The van der Waals surface area contributed by atoms with Crippen LogP contribution in [0.1, 0.15) is 36.0 Å². The Kier molecular flexibility index (Phi) is 6.72. The number of halogens is 2. The zero-order valence-corrected chi connectivity index (χ0v) is 21.9. The molecule has 7 heteroatoms. The van der Waals surface area contributed by atoms with Crippen molar-refractivity contribution in [3.8, 4) is 11.3 Å². The summed E-state index contributed by atoms with van der Waals surface area (Å²) in [5.74, 6) is 1.04. The van der Waals surface area contributed by atoms with Crippen molar-refractivity contribution < 1.29 is 4.79 Å². The Labute approximate surface area is 215 Å². The van der Waals surface area contributed by atoms with E-state index in [9.17, 15) is 4.79 Å². The molecule has 1 aliphatic carbocycles. The molecule has 0 bridgehead atoms. The Bertz CT molecular complexity index is 1330. The third-order valence-electron chi connectivity index (χ3n) is 6.71. The number of hydrogen-bond acceptors (Lipinski definition) is 3. The summed E-state index contributed by atoms with van der Waals surface area (Å²) in [6.07, 6.45) is 6.62. The summed E-state index contributed by atoms with van der Waals surface area (Å²) in [5.41, 5.74) is 10.2. The Morgan fingerprint density at radius 1 is 1.15 bits per heavy atom. The molecule has 2 atom stereocenters. The number of benzene rings is 2. The van der Waals surface area contributed by atoms with Crippen molar-refractivity contribution in [1.29, 1.82) is 0 Å². The first kappa shape index (κ1) is 22.8. The van der Waals surface area contributed by atoms with Crippen LogP contribution >= 0.6 is 38.5 Å². The van der Waals surface area contributed by atoms with Gasteiger partial charge in [-0.25, -0.2) is 4.98 Å². The van der Waals surface area contributed by atoms with E-state index in [1.54, 1.807) is 0 Å². The molecule has 33 heavy (non-hydrogen) atoms. The molecule has 5 rings (SSSR count). The summed E-state index contributed by atoms with van der Waals surface area (Å²) < 4.78 is 2.09. The SMILES string of the molecule is NCC1CCCC(CNC(=O)c2cc(-c3c[nH]c4ccc(Br)cc34)nc3ccc(I)cc23)C1. The fourth-order valence-corrected chi connectivity index (χ4v) is 5.81. The first-order valence-corrected chi connectivity index (χ1v) is 13.2. The van der Waals surface area contributed by atoms with E-state index in [2.05, 4.69) is 54.9 Å². The number of carbonyl (C=O) groups excluding carboxylic acids is 1. The smallest absolute Gasteiger partial charge is 0.252 e. The Morgan fingerprint density at radius 2 is 2.00 bits per heavy atom. The monoisotopic (exact) mass is 616 g/mol. The molecule has 1 aliphatic rings. The number of aromatic amines is 1. The number of nitrogens with one attached hydrogen (secondary N) is 2. The number of rotatable bonds is 5. The lowest BCUT2D eigenvalue weighted by Crippen LogP contribution is -2.33. The Hall–Kier alpha value is -1.97. The van der Waals surface area contributed by atoms with Crippen LogP contribution in [0.4, 0.5) is 0 Å². The van der Waals surface area contributed by atoms with E-state index in [4.69, 9.17) is 10.7 Å². The third-order valence-corrected chi connectivity index (χ3v) is 7.88. The van der Waals surface area contributed by atoms with Crippen molar-refractivity contribution in [2.75, 3.05) is 13.1 Å². The fraction of sp³-hybridized carbons (Fsp3) is 0.308. The van der Waals surface area contributed by atoms with Crippen LogP contribution in [0.3, 0.4) is 0 Å². The van der Waals surface area contributed by atoms with E-state index in [0.717, 1.165) is 60.5 Å². The molecule has 2 unspecified atom stereocenters. The van der Waals surface area contributed by atoms with Gasteiger partial charge in [0.1, 0.15) is 0 Å². The highest BCUT2D eigenvalue weighted by Gasteiger charge is 2.22. The quantitative estimate of drug-likeness (QED) is 0.232. The number of fused-ring (bicyclic) bond motifs is 2. The second kappa shape index (κ2) is 9.72. The first-order chi connectivity index (χ1) is 16.0. The molecule has 1 saturated carbocycles. The molecule has 0 radical (unpaired) electrons. The predicted octanol–water partition coefficient (Wildman–Crippen LogP) is 6.25. The average Bonchev–Trinajstić information content (AvgIpc) is 3.25. The van der Waals surface area contributed by atoms with Crippen LogP contribution < -0.4 is 11.1 Å². The van der Waals surface area contributed by atoms with Crippen LogP contribution in [0.2, 0.25) is 0 Å². The van der Waals surface area contributed by atoms with Gasteiger partial charge < -0.3 is 16.0 Å². The molecule has 2 heterocycles. The van der Waals surface area contributed by atoms with Crippen LogP contribution in [-0.4, -0.2) is 29.0 Å². The van der Waals surface area contributed by atoms with E-state index >= 15 is 0 Å². The molecule has 1 fully saturated rings. The van der Waals surface area contributed by atoms with Crippen molar-refractivity contribution in [3.63, 3.8) is 0 Å². The van der Waals surface area contributed by atoms with E-state index in [0.29, 0.717) is 23.9 Å². The number of amides is 1. The maximum Gasteiger partial charge on any atom is 0.252 e. The standard InChI is InChI=1S/C26H26BrIN4O/c27-17-4-6-23-19(9-17)22(14-30-23)25-11-21(20-10-18(28)5-7-24(20)32-25)26(33)31-13-16-3-1-2-15(8-16)12-29/h4-7,9-11,14-16,30H,1-3,8,12-13,29H2,(H,31,33). The highest BCUT2D eigenvalue weighted by molar-refractivity contribution is 14.1.